The highest BCUT2D eigenvalue weighted by atomic mass is 16.3. The summed E-state index contributed by atoms with van der Waals surface area (Å²) in [6.45, 7) is 10.9. The van der Waals surface area contributed by atoms with Crippen molar-refractivity contribution in [3.63, 3.8) is 0 Å². The summed E-state index contributed by atoms with van der Waals surface area (Å²) in [6, 6.07) is 6.64. The number of aromatic hydroxyl groups is 1. The van der Waals surface area contributed by atoms with Crippen molar-refractivity contribution in [1.82, 2.24) is 0 Å². The quantitative estimate of drug-likeness (QED) is 0.852. The lowest BCUT2D eigenvalue weighted by Crippen LogP contribution is -2.46. The molecule has 1 aromatic rings. The largest absolute Gasteiger partial charge is 0.508 e. The molecule has 0 bridgehead atoms. The monoisotopic (exact) mass is 234 g/mol. The van der Waals surface area contributed by atoms with E-state index in [9.17, 15) is 5.11 Å². The van der Waals surface area contributed by atoms with E-state index in [0.29, 0.717) is 17.8 Å². The molecular formula is C14H22N2O. The molecule has 0 aromatic heterocycles. The van der Waals surface area contributed by atoms with Crippen LogP contribution in [-0.4, -0.2) is 30.3 Å². The van der Waals surface area contributed by atoms with Crippen LogP contribution in [0.15, 0.2) is 18.2 Å². The van der Waals surface area contributed by atoms with Gasteiger partial charge in [0.05, 0.1) is 11.4 Å². The van der Waals surface area contributed by atoms with Crippen LogP contribution in [0.1, 0.15) is 27.7 Å². The second-order valence-electron chi connectivity index (χ2n) is 5.25. The molecule has 17 heavy (non-hydrogen) atoms. The summed E-state index contributed by atoms with van der Waals surface area (Å²) in [5, 5.41) is 9.67. The summed E-state index contributed by atoms with van der Waals surface area (Å²) in [6.07, 6.45) is 0. The van der Waals surface area contributed by atoms with Gasteiger partial charge in [0.25, 0.3) is 0 Å². The van der Waals surface area contributed by atoms with Gasteiger partial charge in [-0.3, -0.25) is 0 Å². The molecule has 2 rings (SSSR count). The molecule has 0 amide bonds. The fourth-order valence-electron chi connectivity index (χ4n) is 2.51. The van der Waals surface area contributed by atoms with Crippen LogP contribution in [0, 0.1) is 0 Å². The predicted molar refractivity (Wildman–Crippen MR) is 73.1 cm³/mol. The van der Waals surface area contributed by atoms with Crippen molar-refractivity contribution < 1.29 is 5.11 Å². The minimum Gasteiger partial charge on any atom is -0.508 e. The zero-order chi connectivity index (χ0) is 12.6. The zero-order valence-corrected chi connectivity index (χ0v) is 11.1. The molecule has 94 valence electrons. The van der Waals surface area contributed by atoms with E-state index in [1.54, 1.807) is 6.07 Å². The van der Waals surface area contributed by atoms with Crippen LogP contribution in [0.2, 0.25) is 0 Å². The van der Waals surface area contributed by atoms with Gasteiger partial charge in [0, 0.05) is 31.2 Å². The molecule has 1 aliphatic rings. The Hall–Kier alpha value is -1.38. The van der Waals surface area contributed by atoms with Crippen molar-refractivity contribution in [2.24, 2.45) is 0 Å². The van der Waals surface area contributed by atoms with E-state index in [2.05, 4.69) is 37.5 Å². The number of nitrogens with zero attached hydrogens (tertiary/aromatic N) is 2. The number of hydrogen-bond acceptors (Lipinski definition) is 3. The van der Waals surface area contributed by atoms with E-state index in [1.807, 2.05) is 12.1 Å². The van der Waals surface area contributed by atoms with Crippen molar-refractivity contribution >= 4 is 11.4 Å². The molecule has 0 unspecified atom stereocenters. The van der Waals surface area contributed by atoms with E-state index >= 15 is 0 Å². The van der Waals surface area contributed by atoms with Crippen molar-refractivity contribution in [3.8, 4) is 5.75 Å². The first-order chi connectivity index (χ1) is 8.00. The molecule has 1 N–H and O–H groups in total. The van der Waals surface area contributed by atoms with Crippen LogP contribution < -0.4 is 9.80 Å². The van der Waals surface area contributed by atoms with Gasteiger partial charge >= 0.3 is 0 Å². The van der Waals surface area contributed by atoms with Gasteiger partial charge in [-0.15, -0.1) is 0 Å². The standard InChI is InChI=1S/C14H22N2O/c1-10(2)15-7-8-16(11(3)4)14-9-12(17)5-6-13(14)15/h5-6,9-11,17H,7-8H2,1-4H3. The molecule has 3 nitrogen and oxygen atoms in total. The second kappa shape index (κ2) is 4.47. The third-order valence-corrected chi connectivity index (χ3v) is 3.41. The Balaban J connectivity index is 2.46. The molecule has 0 radical (unpaired) electrons. The molecule has 0 fully saturated rings. The van der Waals surface area contributed by atoms with Crippen molar-refractivity contribution in [2.45, 2.75) is 39.8 Å². The number of anilines is 2. The first-order valence-electron chi connectivity index (χ1n) is 6.37. The zero-order valence-electron chi connectivity index (χ0n) is 11.1. The highest BCUT2D eigenvalue weighted by molar-refractivity contribution is 5.75. The topological polar surface area (TPSA) is 26.7 Å². The van der Waals surface area contributed by atoms with Gasteiger partial charge in [-0.25, -0.2) is 0 Å². The summed E-state index contributed by atoms with van der Waals surface area (Å²) in [5.41, 5.74) is 2.39. The normalized spacial score (nSPS) is 15.6. The number of hydrogen-bond donors (Lipinski definition) is 1. The molecule has 3 heteroatoms. The molecule has 1 heterocycles. The number of benzene rings is 1. The van der Waals surface area contributed by atoms with Gasteiger partial charge in [0.2, 0.25) is 0 Å². The Morgan fingerprint density at radius 3 is 2.00 bits per heavy atom. The SMILES string of the molecule is CC(C)N1CCN(C(C)C)c2cc(O)ccc21. The number of rotatable bonds is 2. The maximum Gasteiger partial charge on any atom is 0.117 e. The molecular weight excluding hydrogens is 212 g/mol. The molecule has 1 aliphatic heterocycles. The third kappa shape index (κ3) is 2.19. The fourth-order valence-corrected chi connectivity index (χ4v) is 2.51. The van der Waals surface area contributed by atoms with Crippen LogP contribution in [0.3, 0.4) is 0 Å². The van der Waals surface area contributed by atoms with Gasteiger partial charge < -0.3 is 14.9 Å². The predicted octanol–water partition coefficient (Wildman–Crippen LogP) is 2.84. The number of phenolic OH excluding ortho intramolecular Hbond substituents is 1. The molecule has 1 aromatic carbocycles. The first-order valence-corrected chi connectivity index (χ1v) is 6.37. The van der Waals surface area contributed by atoms with Crippen LogP contribution in [0.5, 0.6) is 5.75 Å². The first kappa shape index (κ1) is 12.1. The van der Waals surface area contributed by atoms with Gasteiger partial charge in [0.15, 0.2) is 0 Å². The van der Waals surface area contributed by atoms with E-state index in [0.717, 1.165) is 18.8 Å². The Labute approximate surface area is 104 Å². The minimum atomic E-state index is 0.347. The summed E-state index contributed by atoms with van der Waals surface area (Å²) in [5.74, 6) is 0.347. The average molecular weight is 234 g/mol. The summed E-state index contributed by atoms with van der Waals surface area (Å²) in [4.78, 5) is 4.75. The van der Waals surface area contributed by atoms with E-state index < -0.39 is 0 Å². The van der Waals surface area contributed by atoms with Crippen molar-refractivity contribution in [2.75, 3.05) is 22.9 Å². The highest BCUT2D eigenvalue weighted by Crippen LogP contribution is 2.37. The lowest BCUT2D eigenvalue weighted by molar-refractivity contribution is 0.474. The Morgan fingerprint density at radius 2 is 1.47 bits per heavy atom. The lowest BCUT2D eigenvalue weighted by atomic mass is 10.1. The number of phenols is 1. The van der Waals surface area contributed by atoms with E-state index in [1.165, 1.54) is 5.69 Å². The maximum absolute atomic E-state index is 9.67. The summed E-state index contributed by atoms with van der Waals surface area (Å²) in [7, 11) is 0. The molecule has 0 atom stereocenters. The third-order valence-electron chi connectivity index (χ3n) is 3.41. The van der Waals surface area contributed by atoms with Gasteiger partial charge in [-0.05, 0) is 39.8 Å². The fraction of sp³-hybridized carbons (Fsp3) is 0.571. The van der Waals surface area contributed by atoms with Crippen molar-refractivity contribution in [1.29, 1.82) is 0 Å². The van der Waals surface area contributed by atoms with Gasteiger partial charge in [-0.2, -0.15) is 0 Å². The summed E-state index contributed by atoms with van der Waals surface area (Å²) < 4.78 is 0. The summed E-state index contributed by atoms with van der Waals surface area (Å²) >= 11 is 0. The lowest BCUT2D eigenvalue weighted by Gasteiger charge is -2.42. The van der Waals surface area contributed by atoms with E-state index in [-0.39, 0.29) is 0 Å². The molecule has 0 saturated carbocycles. The van der Waals surface area contributed by atoms with Crippen LogP contribution in [0.25, 0.3) is 0 Å². The van der Waals surface area contributed by atoms with Crippen LogP contribution >= 0.6 is 0 Å². The Kier molecular flexibility index (Phi) is 3.18. The van der Waals surface area contributed by atoms with Gasteiger partial charge in [0.1, 0.15) is 5.75 Å². The molecule has 0 saturated heterocycles. The van der Waals surface area contributed by atoms with Crippen LogP contribution in [-0.2, 0) is 0 Å². The second-order valence-corrected chi connectivity index (χ2v) is 5.25. The number of fused-ring (bicyclic) bond motifs is 1. The minimum absolute atomic E-state index is 0.347. The Morgan fingerprint density at radius 1 is 0.941 bits per heavy atom. The van der Waals surface area contributed by atoms with Gasteiger partial charge in [-0.1, -0.05) is 0 Å². The highest BCUT2D eigenvalue weighted by Gasteiger charge is 2.25. The smallest absolute Gasteiger partial charge is 0.117 e. The van der Waals surface area contributed by atoms with Crippen LogP contribution in [0.4, 0.5) is 11.4 Å². The van der Waals surface area contributed by atoms with E-state index in [4.69, 9.17) is 0 Å². The maximum atomic E-state index is 9.67. The molecule has 0 aliphatic carbocycles. The Bertz CT molecular complexity index is 401. The molecule has 0 spiro atoms. The van der Waals surface area contributed by atoms with Crippen molar-refractivity contribution in [3.05, 3.63) is 18.2 Å². The average Bonchev–Trinajstić information content (AvgIpc) is 2.26.